The molecule has 0 bridgehead atoms. The van der Waals surface area contributed by atoms with Crippen LogP contribution in [0.1, 0.15) is 0 Å². The number of hydrogen-bond donors (Lipinski definition) is 0. The molecule has 0 amide bonds. The molecule has 1 rings (SSSR count). The molecule has 1 aromatic rings. The van der Waals surface area contributed by atoms with E-state index in [1.54, 1.807) is 0 Å². The van der Waals surface area contributed by atoms with Crippen LogP contribution in [0.2, 0.25) is 0 Å². The Bertz CT molecular complexity index is 294. The standard InChI is InChI=1S/C8H11O3PS/c1-10-12(9,11-2)13-8-6-4-3-5-7-8/h3-7H,1-2H3. The Balaban J connectivity index is 2.74. The topological polar surface area (TPSA) is 35.5 Å². The van der Waals surface area contributed by atoms with E-state index < -0.39 is 6.80 Å². The molecule has 0 spiro atoms. The first-order valence-corrected chi connectivity index (χ1v) is 6.63. The van der Waals surface area contributed by atoms with Crippen molar-refractivity contribution >= 4 is 18.2 Å². The first-order chi connectivity index (χ1) is 6.20. The zero-order valence-electron chi connectivity index (χ0n) is 7.47. The normalized spacial score (nSPS) is 11.5. The molecule has 5 heteroatoms. The molecule has 0 radical (unpaired) electrons. The van der Waals surface area contributed by atoms with Crippen molar-refractivity contribution in [3.8, 4) is 0 Å². The van der Waals surface area contributed by atoms with Crippen molar-refractivity contribution in [2.75, 3.05) is 14.2 Å². The van der Waals surface area contributed by atoms with Crippen LogP contribution >= 0.6 is 18.2 Å². The summed E-state index contributed by atoms with van der Waals surface area (Å²) in [6, 6.07) is 9.36. The van der Waals surface area contributed by atoms with Gasteiger partial charge < -0.3 is 9.05 Å². The Labute approximate surface area is 81.7 Å². The van der Waals surface area contributed by atoms with E-state index in [0.717, 1.165) is 16.3 Å². The predicted molar refractivity (Wildman–Crippen MR) is 53.9 cm³/mol. The van der Waals surface area contributed by atoms with Gasteiger partial charge in [-0.15, -0.1) is 0 Å². The lowest BCUT2D eigenvalue weighted by atomic mass is 10.4. The molecule has 72 valence electrons. The van der Waals surface area contributed by atoms with Gasteiger partial charge in [0.25, 0.3) is 0 Å². The van der Waals surface area contributed by atoms with Gasteiger partial charge in [-0.3, -0.25) is 0 Å². The van der Waals surface area contributed by atoms with Gasteiger partial charge in [0, 0.05) is 19.1 Å². The summed E-state index contributed by atoms with van der Waals surface area (Å²) in [5.74, 6) is 0. The lowest BCUT2D eigenvalue weighted by molar-refractivity contribution is 0.295. The van der Waals surface area contributed by atoms with Crippen molar-refractivity contribution in [3.63, 3.8) is 0 Å². The molecule has 0 unspecified atom stereocenters. The summed E-state index contributed by atoms with van der Waals surface area (Å²) < 4.78 is 21.2. The first-order valence-electron chi connectivity index (χ1n) is 3.66. The molecule has 0 heterocycles. The third kappa shape index (κ3) is 3.16. The van der Waals surface area contributed by atoms with Gasteiger partial charge in [-0.2, -0.15) is 0 Å². The summed E-state index contributed by atoms with van der Waals surface area (Å²) in [5.41, 5.74) is 0. The van der Waals surface area contributed by atoms with Gasteiger partial charge in [0.1, 0.15) is 0 Å². The summed E-state index contributed by atoms with van der Waals surface area (Å²) in [7, 11) is 2.75. The van der Waals surface area contributed by atoms with Gasteiger partial charge in [0.05, 0.1) is 0 Å². The maximum Gasteiger partial charge on any atom is 0.393 e. The average molecular weight is 218 g/mol. The molecule has 3 nitrogen and oxygen atoms in total. The molecular formula is C8H11O3PS. The van der Waals surface area contributed by atoms with Gasteiger partial charge in [0.2, 0.25) is 0 Å². The highest BCUT2D eigenvalue weighted by atomic mass is 32.7. The number of hydrogen-bond acceptors (Lipinski definition) is 4. The van der Waals surface area contributed by atoms with Crippen molar-refractivity contribution in [2.24, 2.45) is 0 Å². The van der Waals surface area contributed by atoms with E-state index in [4.69, 9.17) is 9.05 Å². The van der Waals surface area contributed by atoms with Crippen LogP contribution in [-0.2, 0) is 13.6 Å². The van der Waals surface area contributed by atoms with Gasteiger partial charge >= 0.3 is 6.80 Å². The lowest BCUT2D eigenvalue weighted by Gasteiger charge is -2.11. The third-order valence-corrected chi connectivity index (χ3v) is 5.21. The summed E-state index contributed by atoms with van der Waals surface area (Å²) in [4.78, 5) is 0.870. The molecular weight excluding hydrogens is 207 g/mol. The van der Waals surface area contributed by atoms with E-state index in [9.17, 15) is 4.57 Å². The van der Waals surface area contributed by atoms with Gasteiger partial charge in [-0.1, -0.05) is 18.2 Å². The SMILES string of the molecule is COP(=O)(OC)Sc1ccccc1. The third-order valence-electron chi connectivity index (χ3n) is 1.41. The van der Waals surface area contributed by atoms with E-state index in [-0.39, 0.29) is 0 Å². The smallest absolute Gasteiger partial charge is 0.304 e. The van der Waals surface area contributed by atoms with E-state index in [1.807, 2.05) is 30.3 Å². The second kappa shape index (κ2) is 4.82. The molecule has 0 saturated heterocycles. The molecule has 0 aliphatic heterocycles. The van der Waals surface area contributed by atoms with Crippen LogP contribution in [0.3, 0.4) is 0 Å². The van der Waals surface area contributed by atoms with Crippen molar-refractivity contribution in [2.45, 2.75) is 4.90 Å². The van der Waals surface area contributed by atoms with Crippen LogP contribution in [0.25, 0.3) is 0 Å². The van der Waals surface area contributed by atoms with Crippen molar-refractivity contribution in [3.05, 3.63) is 30.3 Å². The summed E-state index contributed by atoms with van der Waals surface area (Å²) in [5, 5.41) is 0. The van der Waals surface area contributed by atoms with Crippen LogP contribution < -0.4 is 0 Å². The maximum absolute atomic E-state index is 11.6. The van der Waals surface area contributed by atoms with Crippen LogP contribution in [0, 0.1) is 0 Å². The Morgan fingerprint density at radius 2 is 1.69 bits per heavy atom. The summed E-state index contributed by atoms with van der Waals surface area (Å²) in [6.45, 7) is -2.99. The highest BCUT2D eigenvalue weighted by molar-refractivity contribution is 8.55. The second-order valence-electron chi connectivity index (χ2n) is 2.22. The zero-order chi connectivity index (χ0) is 9.73. The van der Waals surface area contributed by atoms with Crippen LogP contribution in [0.15, 0.2) is 35.2 Å². The fourth-order valence-electron chi connectivity index (χ4n) is 0.760. The fourth-order valence-corrected chi connectivity index (χ4v) is 3.18. The maximum atomic E-state index is 11.6. The fraction of sp³-hybridized carbons (Fsp3) is 0.250. The molecule has 1 aromatic carbocycles. The van der Waals surface area contributed by atoms with Gasteiger partial charge in [0.15, 0.2) is 0 Å². The average Bonchev–Trinajstić information content (AvgIpc) is 2.19. The highest BCUT2D eigenvalue weighted by Crippen LogP contribution is 2.62. The summed E-state index contributed by atoms with van der Waals surface area (Å²) in [6.07, 6.45) is 0. The van der Waals surface area contributed by atoms with Gasteiger partial charge in [-0.05, 0) is 23.5 Å². The quantitative estimate of drug-likeness (QED) is 0.727. The van der Waals surface area contributed by atoms with E-state index in [0.29, 0.717) is 0 Å². The van der Waals surface area contributed by atoms with Crippen LogP contribution in [-0.4, -0.2) is 14.2 Å². The molecule has 0 aromatic heterocycles. The molecule has 0 atom stereocenters. The van der Waals surface area contributed by atoms with Crippen molar-refractivity contribution in [1.82, 2.24) is 0 Å². The first kappa shape index (κ1) is 10.8. The van der Waals surface area contributed by atoms with Crippen molar-refractivity contribution < 1.29 is 13.6 Å². The number of rotatable bonds is 4. The minimum absolute atomic E-state index is 0.870. The monoisotopic (exact) mass is 218 g/mol. The summed E-state index contributed by atoms with van der Waals surface area (Å²) >= 11 is 1.10. The Morgan fingerprint density at radius 3 is 2.15 bits per heavy atom. The molecule has 0 N–H and O–H groups in total. The zero-order valence-corrected chi connectivity index (χ0v) is 9.18. The molecule has 0 saturated carbocycles. The molecule has 0 aliphatic carbocycles. The lowest BCUT2D eigenvalue weighted by Crippen LogP contribution is -1.82. The molecule has 13 heavy (non-hydrogen) atoms. The number of benzene rings is 1. The minimum atomic E-state index is -2.99. The predicted octanol–water partition coefficient (Wildman–Crippen LogP) is 3.18. The largest absolute Gasteiger partial charge is 0.393 e. The molecule has 0 fully saturated rings. The second-order valence-corrected chi connectivity index (χ2v) is 6.38. The van der Waals surface area contributed by atoms with E-state index >= 15 is 0 Å². The minimum Gasteiger partial charge on any atom is -0.304 e. The Kier molecular flexibility index (Phi) is 4.00. The Hall–Kier alpha value is -0.280. The molecule has 0 aliphatic rings. The van der Waals surface area contributed by atoms with E-state index in [2.05, 4.69) is 0 Å². The van der Waals surface area contributed by atoms with Crippen LogP contribution in [0.5, 0.6) is 0 Å². The van der Waals surface area contributed by atoms with E-state index in [1.165, 1.54) is 14.2 Å². The highest BCUT2D eigenvalue weighted by Gasteiger charge is 2.22. The van der Waals surface area contributed by atoms with Gasteiger partial charge in [-0.25, -0.2) is 4.57 Å². The van der Waals surface area contributed by atoms with Crippen molar-refractivity contribution in [1.29, 1.82) is 0 Å². The van der Waals surface area contributed by atoms with Crippen LogP contribution in [0.4, 0.5) is 0 Å². The Morgan fingerprint density at radius 1 is 1.15 bits per heavy atom.